The van der Waals surface area contributed by atoms with Crippen LogP contribution in [0.15, 0.2) is 48.5 Å². The summed E-state index contributed by atoms with van der Waals surface area (Å²) < 4.78 is 5.25. The van der Waals surface area contributed by atoms with Crippen molar-refractivity contribution in [3.05, 3.63) is 59.7 Å². The Labute approximate surface area is 136 Å². The van der Waals surface area contributed by atoms with Gasteiger partial charge in [-0.1, -0.05) is 30.3 Å². The van der Waals surface area contributed by atoms with E-state index < -0.39 is 5.41 Å². The molecule has 0 aromatic heterocycles. The van der Waals surface area contributed by atoms with Crippen molar-refractivity contribution in [2.45, 2.75) is 17.9 Å². The minimum atomic E-state index is -0.500. The summed E-state index contributed by atoms with van der Waals surface area (Å²) in [5.74, 6) is 1.01. The largest absolute Gasteiger partial charge is 0.497 e. The van der Waals surface area contributed by atoms with Crippen molar-refractivity contribution in [1.82, 2.24) is 5.32 Å². The molecule has 23 heavy (non-hydrogen) atoms. The highest BCUT2D eigenvalue weighted by Gasteiger charge is 2.57. The molecule has 2 atom stereocenters. The van der Waals surface area contributed by atoms with Crippen molar-refractivity contribution >= 4 is 11.6 Å². The number of rotatable bonds is 2. The molecule has 0 saturated carbocycles. The molecule has 1 spiro atoms. The minimum Gasteiger partial charge on any atom is -0.497 e. The first-order chi connectivity index (χ1) is 11.2. The molecule has 2 aliphatic rings. The van der Waals surface area contributed by atoms with E-state index in [-0.39, 0.29) is 11.9 Å². The first kappa shape index (κ1) is 14.3. The number of carbonyl (C=O) groups excluding carboxylic acids is 1. The van der Waals surface area contributed by atoms with E-state index in [2.05, 4.69) is 23.5 Å². The Bertz CT molecular complexity index is 756. The molecule has 1 amide bonds. The summed E-state index contributed by atoms with van der Waals surface area (Å²) in [6.45, 7) is 0.838. The molecule has 1 saturated heterocycles. The SMILES string of the molecule is COc1ccc([C@@H]2NCCC23C(=O)N(C)c2ccccc23)cc1. The van der Waals surface area contributed by atoms with Gasteiger partial charge in [-0.05, 0) is 42.3 Å². The maximum atomic E-state index is 13.2. The average molecular weight is 308 g/mol. The molecule has 4 heteroatoms. The predicted octanol–water partition coefficient (Wildman–Crippen LogP) is 2.64. The van der Waals surface area contributed by atoms with Crippen molar-refractivity contribution in [1.29, 1.82) is 0 Å². The molecule has 1 N–H and O–H groups in total. The van der Waals surface area contributed by atoms with Crippen molar-refractivity contribution in [3.8, 4) is 5.75 Å². The number of ether oxygens (including phenoxy) is 1. The third kappa shape index (κ3) is 1.85. The number of nitrogens with zero attached hydrogens (tertiary/aromatic N) is 1. The first-order valence-electron chi connectivity index (χ1n) is 7.93. The molecule has 2 aliphatic heterocycles. The summed E-state index contributed by atoms with van der Waals surface area (Å²) in [5.41, 5.74) is 2.79. The van der Waals surface area contributed by atoms with Gasteiger partial charge in [-0.3, -0.25) is 4.79 Å². The predicted molar refractivity (Wildman–Crippen MR) is 89.9 cm³/mol. The lowest BCUT2D eigenvalue weighted by Gasteiger charge is -2.30. The number of amides is 1. The molecule has 4 rings (SSSR count). The van der Waals surface area contributed by atoms with Gasteiger partial charge in [0.25, 0.3) is 0 Å². The van der Waals surface area contributed by atoms with E-state index >= 15 is 0 Å². The van der Waals surface area contributed by atoms with Crippen molar-refractivity contribution in [2.75, 3.05) is 25.6 Å². The van der Waals surface area contributed by atoms with Crippen LogP contribution in [0, 0.1) is 0 Å². The zero-order chi connectivity index (χ0) is 16.0. The Balaban J connectivity index is 1.84. The lowest BCUT2D eigenvalue weighted by Crippen LogP contribution is -2.42. The molecule has 118 valence electrons. The summed E-state index contributed by atoms with van der Waals surface area (Å²) in [5, 5.41) is 3.55. The number of carbonyl (C=O) groups is 1. The number of likely N-dealkylation sites (N-methyl/N-ethyl adjacent to an activating group) is 1. The number of hydrogen-bond donors (Lipinski definition) is 1. The van der Waals surface area contributed by atoms with E-state index in [0.717, 1.165) is 35.5 Å². The standard InChI is InChI=1S/C19H20N2O2/c1-21-16-6-4-3-5-15(16)19(18(21)22)11-12-20-17(19)13-7-9-14(23-2)10-8-13/h3-10,17,20H,11-12H2,1-2H3/t17-,19?/m0/s1. The van der Waals surface area contributed by atoms with Gasteiger partial charge < -0.3 is 15.0 Å². The van der Waals surface area contributed by atoms with E-state index in [4.69, 9.17) is 4.74 Å². The van der Waals surface area contributed by atoms with E-state index in [1.165, 1.54) is 0 Å². The maximum Gasteiger partial charge on any atom is 0.239 e. The first-order valence-corrected chi connectivity index (χ1v) is 7.93. The molecule has 1 unspecified atom stereocenters. The Hall–Kier alpha value is -2.33. The topological polar surface area (TPSA) is 41.6 Å². The van der Waals surface area contributed by atoms with Crippen LogP contribution >= 0.6 is 0 Å². The zero-order valence-corrected chi connectivity index (χ0v) is 13.4. The van der Waals surface area contributed by atoms with Crippen LogP contribution in [0.4, 0.5) is 5.69 Å². The fourth-order valence-corrected chi connectivity index (χ4v) is 4.12. The van der Waals surface area contributed by atoms with Gasteiger partial charge >= 0.3 is 0 Å². The Morgan fingerprint density at radius 2 is 1.91 bits per heavy atom. The highest BCUT2D eigenvalue weighted by molar-refractivity contribution is 6.08. The monoisotopic (exact) mass is 308 g/mol. The van der Waals surface area contributed by atoms with Crippen molar-refractivity contribution in [3.63, 3.8) is 0 Å². The molecular formula is C19H20N2O2. The van der Waals surface area contributed by atoms with E-state index in [9.17, 15) is 4.79 Å². The van der Waals surface area contributed by atoms with Gasteiger partial charge in [-0.15, -0.1) is 0 Å². The number of benzene rings is 2. The zero-order valence-electron chi connectivity index (χ0n) is 13.4. The Kier molecular flexibility index (Phi) is 3.16. The van der Waals surface area contributed by atoms with Gasteiger partial charge in [-0.25, -0.2) is 0 Å². The lowest BCUT2D eigenvalue weighted by atomic mass is 9.73. The van der Waals surface area contributed by atoms with Crippen LogP contribution in [0.2, 0.25) is 0 Å². The molecule has 1 fully saturated rings. The average Bonchev–Trinajstić information content (AvgIpc) is 3.13. The fourth-order valence-electron chi connectivity index (χ4n) is 4.12. The second-order valence-electron chi connectivity index (χ2n) is 6.26. The van der Waals surface area contributed by atoms with Gasteiger partial charge in [0.1, 0.15) is 5.75 Å². The van der Waals surface area contributed by atoms with Gasteiger partial charge in [0.05, 0.1) is 18.6 Å². The summed E-state index contributed by atoms with van der Waals surface area (Å²) in [7, 11) is 3.54. The van der Waals surface area contributed by atoms with Gasteiger partial charge in [0.2, 0.25) is 5.91 Å². The number of anilines is 1. The van der Waals surface area contributed by atoms with E-state index in [1.54, 1.807) is 12.0 Å². The van der Waals surface area contributed by atoms with Gasteiger partial charge in [-0.2, -0.15) is 0 Å². The third-order valence-electron chi connectivity index (χ3n) is 5.24. The molecule has 2 aromatic carbocycles. The molecule has 0 aliphatic carbocycles. The maximum absolute atomic E-state index is 13.2. The molecular weight excluding hydrogens is 288 g/mol. The van der Waals surface area contributed by atoms with Crippen LogP contribution in [0.1, 0.15) is 23.6 Å². The van der Waals surface area contributed by atoms with Crippen molar-refractivity contribution < 1.29 is 9.53 Å². The summed E-state index contributed by atoms with van der Waals surface area (Å²) >= 11 is 0. The Morgan fingerprint density at radius 3 is 2.65 bits per heavy atom. The quantitative estimate of drug-likeness (QED) is 0.927. The van der Waals surface area contributed by atoms with Gasteiger partial charge in [0, 0.05) is 12.7 Å². The van der Waals surface area contributed by atoms with Crippen LogP contribution in [0.25, 0.3) is 0 Å². The summed E-state index contributed by atoms with van der Waals surface area (Å²) in [6.07, 6.45) is 0.823. The molecule has 0 bridgehead atoms. The van der Waals surface area contributed by atoms with E-state index in [1.807, 2.05) is 37.4 Å². The second-order valence-corrected chi connectivity index (χ2v) is 6.26. The minimum absolute atomic E-state index is 0.00740. The van der Waals surface area contributed by atoms with Crippen LogP contribution in [-0.4, -0.2) is 26.6 Å². The highest BCUT2D eigenvalue weighted by Crippen LogP contribution is 2.52. The molecule has 4 nitrogen and oxygen atoms in total. The number of methoxy groups -OCH3 is 1. The summed E-state index contributed by atoms with van der Waals surface area (Å²) in [4.78, 5) is 15.0. The number of para-hydroxylation sites is 1. The van der Waals surface area contributed by atoms with Crippen LogP contribution < -0.4 is 15.0 Å². The lowest BCUT2D eigenvalue weighted by molar-refractivity contribution is -0.123. The second kappa shape index (κ2) is 5.10. The third-order valence-corrected chi connectivity index (χ3v) is 5.24. The fraction of sp³-hybridized carbons (Fsp3) is 0.316. The number of nitrogens with one attached hydrogen (secondary N) is 1. The molecule has 2 aromatic rings. The van der Waals surface area contributed by atoms with E-state index in [0.29, 0.717) is 0 Å². The number of hydrogen-bond acceptors (Lipinski definition) is 3. The molecule has 0 radical (unpaired) electrons. The summed E-state index contributed by atoms with van der Waals surface area (Å²) in [6, 6.07) is 16.2. The smallest absolute Gasteiger partial charge is 0.239 e. The van der Waals surface area contributed by atoms with Crippen LogP contribution in [0.5, 0.6) is 5.75 Å². The Morgan fingerprint density at radius 1 is 1.17 bits per heavy atom. The number of fused-ring (bicyclic) bond motifs is 2. The van der Waals surface area contributed by atoms with Gasteiger partial charge in [0.15, 0.2) is 0 Å². The van der Waals surface area contributed by atoms with Crippen LogP contribution in [-0.2, 0) is 10.2 Å². The normalized spacial score (nSPS) is 25.9. The highest BCUT2D eigenvalue weighted by atomic mass is 16.5. The van der Waals surface area contributed by atoms with Crippen molar-refractivity contribution in [2.24, 2.45) is 0 Å². The van der Waals surface area contributed by atoms with Crippen LogP contribution in [0.3, 0.4) is 0 Å². The molecule has 2 heterocycles.